The molecule has 4 heteroatoms. The summed E-state index contributed by atoms with van der Waals surface area (Å²) in [5.74, 6) is 0.916. The highest BCUT2D eigenvalue weighted by molar-refractivity contribution is 7.20. The standard InChI is InChI=1S/C43H31N3Si/c1-4-19-34(20-5-1)47(35-21-6-2-7-22-35,36-23-8-3-9-24-36)42-30-15-10-25-37(42)32-17-16-18-33(31-32)45-40-28-13-14-29-41(40)46-39-27-12-11-26-38(39)44-43(45)46/h1-31H. The van der Waals surface area contributed by atoms with Crippen molar-refractivity contribution in [1.82, 2.24) is 14.0 Å². The van der Waals surface area contributed by atoms with Crippen molar-refractivity contribution in [3.8, 4) is 16.8 Å². The van der Waals surface area contributed by atoms with Crippen LogP contribution in [0.25, 0.3) is 44.7 Å². The van der Waals surface area contributed by atoms with Crippen molar-refractivity contribution in [1.29, 1.82) is 0 Å². The van der Waals surface area contributed by atoms with Crippen LogP contribution in [0, 0.1) is 0 Å². The average molecular weight is 618 g/mol. The molecule has 0 saturated carbocycles. The Bertz CT molecular complexity index is 2420. The molecule has 222 valence electrons. The van der Waals surface area contributed by atoms with E-state index in [2.05, 4.69) is 197 Å². The molecule has 9 aromatic rings. The molecule has 7 aromatic carbocycles. The van der Waals surface area contributed by atoms with Crippen molar-refractivity contribution >= 4 is 56.7 Å². The number of benzene rings is 7. The van der Waals surface area contributed by atoms with E-state index in [9.17, 15) is 0 Å². The fraction of sp³-hybridized carbons (Fsp3) is 0. The van der Waals surface area contributed by atoms with Crippen LogP contribution in [0.3, 0.4) is 0 Å². The van der Waals surface area contributed by atoms with Gasteiger partial charge in [0, 0.05) is 5.69 Å². The number of hydrogen-bond donors (Lipinski definition) is 0. The summed E-state index contributed by atoms with van der Waals surface area (Å²) in [4.78, 5) is 5.14. The smallest absolute Gasteiger partial charge is 0.220 e. The molecule has 0 saturated heterocycles. The Labute approximate surface area is 274 Å². The molecule has 0 bridgehead atoms. The molecular formula is C43H31N3Si. The summed E-state index contributed by atoms with van der Waals surface area (Å²) in [5, 5.41) is 5.46. The fourth-order valence-electron chi connectivity index (χ4n) is 7.51. The zero-order valence-corrected chi connectivity index (χ0v) is 26.7. The van der Waals surface area contributed by atoms with Crippen LogP contribution >= 0.6 is 0 Å². The van der Waals surface area contributed by atoms with Gasteiger partial charge in [-0.15, -0.1) is 0 Å². The number of para-hydroxylation sites is 4. The minimum absolute atomic E-state index is 0.916. The first kappa shape index (κ1) is 27.3. The van der Waals surface area contributed by atoms with E-state index in [1.54, 1.807) is 0 Å². The molecule has 0 amide bonds. The maximum Gasteiger partial charge on any atom is 0.220 e. The van der Waals surface area contributed by atoms with Crippen LogP contribution in [0.1, 0.15) is 0 Å². The largest absolute Gasteiger partial charge is 0.278 e. The molecule has 0 fully saturated rings. The third kappa shape index (κ3) is 4.23. The molecule has 0 N–H and O–H groups in total. The Morgan fingerprint density at radius 2 is 0.957 bits per heavy atom. The highest BCUT2D eigenvalue weighted by Crippen LogP contribution is 2.31. The molecule has 0 spiro atoms. The lowest BCUT2D eigenvalue weighted by Crippen LogP contribution is -2.75. The first-order valence-electron chi connectivity index (χ1n) is 16.1. The zero-order chi connectivity index (χ0) is 31.2. The number of imidazole rings is 2. The van der Waals surface area contributed by atoms with E-state index < -0.39 is 8.07 Å². The van der Waals surface area contributed by atoms with E-state index in [1.165, 1.54) is 31.9 Å². The molecule has 3 nitrogen and oxygen atoms in total. The van der Waals surface area contributed by atoms with Crippen LogP contribution in [0.4, 0.5) is 0 Å². The van der Waals surface area contributed by atoms with Gasteiger partial charge in [0.1, 0.15) is 0 Å². The second-order valence-corrected chi connectivity index (χ2v) is 15.8. The Hall–Kier alpha value is -5.97. The molecule has 0 atom stereocenters. The molecule has 0 aliphatic rings. The van der Waals surface area contributed by atoms with Crippen molar-refractivity contribution in [2.45, 2.75) is 0 Å². The van der Waals surface area contributed by atoms with E-state index in [4.69, 9.17) is 4.98 Å². The highest BCUT2D eigenvalue weighted by atomic mass is 28.3. The van der Waals surface area contributed by atoms with E-state index >= 15 is 0 Å². The molecule has 0 aliphatic carbocycles. The van der Waals surface area contributed by atoms with E-state index in [0.29, 0.717) is 0 Å². The lowest BCUT2D eigenvalue weighted by molar-refractivity contribution is 1.11. The topological polar surface area (TPSA) is 22.2 Å². The minimum Gasteiger partial charge on any atom is -0.278 e. The zero-order valence-electron chi connectivity index (χ0n) is 25.7. The Balaban J connectivity index is 1.33. The fourth-order valence-corrected chi connectivity index (χ4v) is 12.5. The van der Waals surface area contributed by atoms with Gasteiger partial charge in [-0.25, -0.2) is 4.98 Å². The van der Waals surface area contributed by atoms with Crippen molar-refractivity contribution < 1.29 is 0 Å². The monoisotopic (exact) mass is 617 g/mol. The predicted octanol–water partition coefficient (Wildman–Crippen LogP) is 7.48. The maximum atomic E-state index is 5.14. The number of fused-ring (bicyclic) bond motifs is 5. The van der Waals surface area contributed by atoms with E-state index in [1.807, 2.05) is 0 Å². The van der Waals surface area contributed by atoms with Crippen molar-refractivity contribution in [2.24, 2.45) is 0 Å². The maximum absolute atomic E-state index is 5.14. The highest BCUT2D eigenvalue weighted by Gasteiger charge is 2.42. The van der Waals surface area contributed by atoms with Gasteiger partial charge in [0.15, 0.2) is 8.07 Å². The van der Waals surface area contributed by atoms with Gasteiger partial charge in [-0.3, -0.25) is 8.97 Å². The summed E-state index contributed by atoms with van der Waals surface area (Å²) in [6.45, 7) is 0. The third-order valence-corrected chi connectivity index (χ3v) is 14.3. The molecule has 47 heavy (non-hydrogen) atoms. The number of rotatable bonds is 6. The Morgan fingerprint density at radius 3 is 1.62 bits per heavy atom. The van der Waals surface area contributed by atoms with Crippen LogP contribution in [-0.2, 0) is 0 Å². The van der Waals surface area contributed by atoms with Gasteiger partial charge >= 0.3 is 0 Å². The first-order valence-corrected chi connectivity index (χ1v) is 18.1. The van der Waals surface area contributed by atoms with Gasteiger partial charge in [0.25, 0.3) is 0 Å². The summed E-state index contributed by atoms with van der Waals surface area (Å²) in [6.07, 6.45) is 0. The number of hydrogen-bond acceptors (Lipinski definition) is 1. The van der Waals surface area contributed by atoms with Crippen LogP contribution in [0.15, 0.2) is 188 Å². The van der Waals surface area contributed by atoms with E-state index in [-0.39, 0.29) is 0 Å². The summed E-state index contributed by atoms with van der Waals surface area (Å²) in [7, 11) is -2.74. The Morgan fingerprint density at radius 1 is 0.426 bits per heavy atom. The molecule has 0 unspecified atom stereocenters. The van der Waals surface area contributed by atoms with Crippen LogP contribution in [0.2, 0.25) is 0 Å². The quantitative estimate of drug-likeness (QED) is 0.140. The molecule has 2 aromatic heterocycles. The van der Waals surface area contributed by atoms with Gasteiger partial charge in [-0.05, 0) is 68.3 Å². The number of aromatic nitrogens is 3. The normalized spacial score (nSPS) is 11.8. The van der Waals surface area contributed by atoms with Gasteiger partial charge in [0.05, 0.1) is 22.1 Å². The van der Waals surface area contributed by atoms with Gasteiger partial charge in [0.2, 0.25) is 5.78 Å². The first-order chi connectivity index (χ1) is 23.3. The van der Waals surface area contributed by atoms with E-state index in [0.717, 1.165) is 33.5 Å². The van der Waals surface area contributed by atoms with Crippen LogP contribution in [-0.4, -0.2) is 22.0 Å². The average Bonchev–Trinajstić information content (AvgIpc) is 3.68. The van der Waals surface area contributed by atoms with Gasteiger partial charge in [-0.2, -0.15) is 0 Å². The second kappa shape index (κ2) is 11.1. The Kier molecular flexibility index (Phi) is 6.47. The van der Waals surface area contributed by atoms with Gasteiger partial charge in [-0.1, -0.05) is 152 Å². The second-order valence-electron chi connectivity index (χ2n) is 12.0. The molecule has 0 aliphatic heterocycles. The molecule has 0 radical (unpaired) electrons. The van der Waals surface area contributed by atoms with Crippen molar-refractivity contribution in [3.05, 3.63) is 188 Å². The lowest BCUT2D eigenvalue weighted by Gasteiger charge is -2.36. The van der Waals surface area contributed by atoms with Gasteiger partial charge < -0.3 is 0 Å². The molecule has 9 rings (SSSR count). The summed E-state index contributed by atoms with van der Waals surface area (Å²) in [5.41, 5.74) is 7.91. The predicted molar refractivity (Wildman–Crippen MR) is 199 cm³/mol. The minimum atomic E-state index is -2.74. The molecular weight excluding hydrogens is 587 g/mol. The molecule has 2 heterocycles. The summed E-state index contributed by atoms with van der Waals surface area (Å²) in [6, 6.07) is 68.4. The number of nitrogens with zero attached hydrogens (tertiary/aromatic N) is 3. The van der Waals surface area contributed by atoms with Crippen molar-refractivity contribution in [3.63, 3.8) is 0 Å². The summed E-state index contributed by atoms with van der Waals surface area (Å²) < 4.78 is 4.58. The van der Waals surface area contributed by atoms with Crippen LogP contribution in [0.5, 0.6) is 0 Å². The third-order valence-electron chi connectivity index (χ3n) is 9.47. The van der Waals surface area contributed by atoms with Crippen LogP contribution < -0.4 is 20.7 Å². The summed E-state index contributed by atoms with van der Waals surface area (Å²) >= 11 is 0. The lowest BCUT2D eigenvalue weighted by atomic mass is 10.0. The van der Waals surface area contributed by atoms with Crippen molar-refractivity contribution in [2.75, 3.05) is 0 Å². The SMILES string of the molecule is c1ccc([Si](c2ccccc2)(c2ccccc2)c2ccccc2-c2cccc(-n3c4ccccc4n4c5ccccc5nc34)c2)cc1.